The molecule has 1 saturated heterocycles. The molecule has 1 N–H and O–H groups in total. The topological polar surface area (TPSA) is 39.6 Å². The Bertz CT molecular complexity index is 562. The van der Waals surface area contributed by atoms with E-state index < -0.39 is 0 Å². The Morgan fingerprint density at radius 2 is 1.83 bits per heavy atom. The number of benzene rings is 1. The minimum atomic E-state index is 0.289. The molecule has 4 heteroatoms. The number of rotatable bonds is 1. The third-order valence-electron chi connectivity index (χ3n) is 3.49. The number of anilines is 1. The first-order valence-electron chi connectivity index (χ1n) is 6.26. The van der Waals surface area contributed by atoms with Crippen LogP contribution in [0.25, 0.3) is 10.9 Å². The van der Waals surface area contributed by atoms with E-state index in [0.717, 1.165) is 42.9 Å². The van der Waals surface area contributed by atoms with Gasteiger partial charge < -0.3 is 14.9 Å². The minimum Gasteiger partial charge on any atom is -0.508 e. The lowest BCUT2D eigenvalue weighted by molar-refractivity contribution is 0.312. The molecule has 1 aliphatic heterocycles. The number of phenols is 1. The van der Waals surface area contributed by atoms with Crippen molar-refractivity contribution >= 4 is 16.7 Å². The van der Waals surface area contributed by atoms with Crippen LogP contribution in [0.3, 0.4) is 0 Å². The molecule has 0 amide bonds. The van der Waals surface area contributed by atoms with E-state index in [0.29, 0.717) is 0 Å². The molecule has 0 aliphatic carbocycles. The zero-order valence-corrected chi connectivity index (χ0v) is 10.5. The van der Waals surface area contributed by atoms with Gasteiger partial charge in [0.2, 0.25) is 0 Å². The van der Waals surface area contributed by atoms with Gasteiger partial charge in [0, 0.05) is 31.6 Å². The highest BCUT2D eigenvalue weighted by atomic mass is 16.3. The van der Waals surface area contributed by atoms with Crippen LogP contribution in [0.1, 0.15) is 0 Å². The number of hydrogen-bond donors (Lipinski definition) is 1. The van der Waals surface area contributed by atoms with Gasteiger partial charge in [0.1, 0.15) is 11.6 Å². The zero-order valence-electron chi connectivity index (χ0n) is 10.5. The van der Waals surface area contributed by atoms with Gasteiger partial charge in [-0.05, 0) is 37.4 Å². The van der Waals surface area contributed by atoms with Gasteiger partial charge >= 0.3 is 0 Å². The van der Waals surface area contributed by atoms with Gasteiger partial charge in [0.15, 0.2) is 0 Å². The van der Waals surface area contributed by atoms with Gasteiger partial charge in [0.05, 0.1) is 5.52 Å². The molecule has 94 valence electrons. The predicted octanol–water partition coefficient (Wildman–Crippen LogP) is 1.69. The van der Waals surface area contributed by atoms with Crippen molar-refractivity contribution in [2.75, 3.05) is 38.1 Å². The summed E-state index contributed by atoms with van der Waals surface area (Å²) in [5, 5.41) is 10.4. The molecule has 1 fully saturated rings. The largest absolute Gasteiger partial charge is 0.508 e. The lowest BCUT2D eigenvalue weighted by Crippen LogP contribution is -2.44. The number of fused-ring (bicyclic) bond motifs is 1. The van der Waals surface area contributed by atoms with Crippen molar-refractivity contribution in [3.8, 4) is 5.75 Å². The summed E-state index contributed by atoms with van der Waals surface area (Å²) in [5.74, 6) is 1.32. The minimum absolute atomic E-state index is 0.289. The molecule has 0 unspecified atom stereocenters. The molecule has 0 spiro atoms. The van der Waals surface area contributed by atoms with Crippen LogP contribution in [0.15, 0.2) is 30.3 Å². The first-order chi connectivity index (χ1) is 8.72. The van der Waals surface area contributed by atoms with E-state index in [1.165, 1.54) is 0 Å². The van der Waals surface area contributed by atoms with Crippen LogP contribution in [-0.4, -0.2) is 48.2 Å². The van der Waals surface area contributed by atoms with E-state index in [2.05, 4.69) is 21.8 Å². The molecule has 18 heavy (non-hydrogen) atoms. The number of likely N-dealkylation sites (N-methyl/N-ethyl adjacent to an activating group) is 1. The van der Waals surface area contributed by atoms with Crippen LogP contribution in [-0.2, 0) is 0 Å². The molecule has 3 rings (SSSR count). The van der Waals surface area contributed by atoms with Crippen LogP contribution in [0.2, 0.25) is 0 Å². The van der Waals surface area contributed by atoms with Gasteiger partial charge in [-0.3, -0.25) is 0 Å². The maximum Gasteiger partial charge on any atom is 0.129 e. The summed E-state index contributed by atoms with van der Waals surface area (Å²) in [6.45, 7) is 4.20. The van der Waals surface area contributed by atoms with Crippen LogP contribution in [0, 0.1) is 0 Å². The molecule has 4 nitrogen and oxygen atoms in total. The second-order valence-electron chi connectivity index (χ2n) is 4.84. The average molecular weight is 243 g/mol. The highest BCUT2D eigenvalue weighted by Gasteiger charge is 2.15. The molecule has 1 aromatic heterocycles. The summed E-state index contributed by atoms with van der Waals surface area (Å²) in [6.07, 6.45) is 0. The smallest absolute Gasteiger partial charge is 0.129 e. The quantitative estimate of drug-likeness (QED) is 0.827. The maximum atomic E-state index is 9.43. The average Bonchev–Trinajstić information content (AvgIpc) is 2.39. The number of phenolic OH excluding ortho intramolecular Hbond substituents is 1. The molecule has 0 atom stereocenters. The van der Waals surface area contributed by atoms with Crippen molar-refractivity contribution in [3.63, 3.8) is 0 Å². The Hall–Kier alpha value is -1.81. The number of hydrogen-bond acceptors (Lipinski definition) is 4. The Morgan fingerprint density at radius 1 is 1.06 bits per heavy atom. The fourth-order valence-electron chi connectivity index (χ4n) is 2.31. The van der Waals surface area contributed by atoms with Crippen LogP contribution in [0.5, 0.6) is 5.75 Å². The summed E-state index contributed by atoms with van der Waals surface area (Å²) in [4.78, 5) is 9.30. The standard InChI is InChI=1S/C14H17N3O/c1-16-6-8-17(9-7-16)14-5-2-11-10-12(18)3-4-13(11)15-14/h2-5,10,18H,6-9H2,1H3. The number of nitrogens with zero attached hydrogens (tertiary/aromatic N) is 3. The molecule has 0 bridgehead atoms. The van der Waals surface area contributed by atoms with Crippen molar-refractivity contribution in [1.82, 2.24) is 9.88 Å². The Balaban J connectivity index is 1.91. The van der Waals surface area contributed by atoms with Crippen molar-refractivity contribution < 1.29 is 5.11 Å². The predicted molar refractivity (Wildman–Crippen MR) is 73.1 cm³/mol. The summed E-state index contributed by atoms with van der Waals surface area (Å²) >= 11 is 0. The number of aromatic hydroxyl groups is 1. The first kappa shape index (κ1) is 11.3. The van der Waals surface area contributed by atoms with Crippen molar-refractivity contribution in [2.24, 2.45) is 0 Å². The Labute approximate surface area is 106 Å². The van der Waals surface area contributed by atoms with E-state index in [4.69, 9.17) is 0 Å². The van der Waals surface area contributed by atoms with Crippen molar-refractivity contribution in [1.29, 1.82) is 0 Å². The van der Waals surface area contributed by atoms with Crippen molar-refractivity contribution in [2.45, 2.75) is 0 Å². The fourth-order valence-corrected chi connectivity index (χ4v) is 2.31. The molecule has 1 aromatic carbocycles. The monoisotopic (exact) mass is 243 g/mol. The van der Waals surface area contributed by atoms with Gasteiger partial charge in [-0.1, -0.05) is 0 Å². The maximum absolute atomic E-state index is 9.43. The van der Waals surface area contributed by atoms with Crippen LogP contribution < -0.4 is 4.90 Å². The summed E-state index contributed by atoms with van der Waals surface area (Å²) in [7, 11) is 2.15. The van der Waals surface area contributed by atoms with Gasteiger partial charge in [0.25, 0.3) is 0 Å². The molecule has 2 aromatic rings. The molecular weight excluding hydrogens is 226 g/mol. The molecule has 0 saturated carbocycles. The van der Waals surface area contributed by atoms with Gasteiger partial charge in [-0.15, -0.1) is 0 Å². The second-order valence-corrected chi connectivity index (χ2v) is 4.84. The molecule has 2 heterocycles. The molecule has 0 radical (unpaired) electrons. The molecule has 1 aliphatic rings. The second kappa shape index (κ2) is 4.46. The summed E-state index contributed by atoms with van der Waals surface area (Å²) in [6, 6.07) is 9.35. The van der Waals surface area contributed by atoms with Gasteiger partial charge in [-0.2, -0.15) is 0 Å². The number of piperazine rings is 1. The lowest BCUT2D eigenvalue weighted by Gasteiger charge is -2.33. The third kappa shape index (κ3) is 2.11. The lowest BCUT2D eigenvalue weighted by atomic mass is 10.2. The highest BCUT2D eigenvalue weighted by molar-refractivity contribution is 5.81. The fraction of sp³-hybridized carbons (Fsp3) is 0.357. The SMILES string of the molecule is CN1CCN(c2ccc3cc(O)ccc3n2)CC1. The number of pyridine rings is 1. The summed E-state index contributed by atoms with van der Waals surface area (Å²) < 4.78 is 0. The first-order valence-corrected chi connectivity index (χ1v) is 6.26. The van der Waals surface area contributed by atoms with Crippen LogP contribution in [0.4, 0.5) is 5.82 Å². The third-order valence-corrected chi connectivity index (χ3v) is 3.49. The highest BCUT2D eigenvalue weighted by Crippen LogP contribution is 2.22. The summed E-state index contributed by atoms with van der Waals surface area (Å²) in [5.41, 5.74) is 0.934. The Morgan fingerprint density at radius 3 is 2.61 bits per heavy atom. The van der Waals surface area contributed by atoms with E-state index in [1.54, 1.807) is 12.1 Å². The van der Waals surface area contributed by atoms with E-state index in [9.17, 15) is 5.11 Å². The van der Waals surface area contributed by atoms with Gasteiger partial charge in [-0.25, -0.2) is 4.98 Å². The zero-order chi connectivity index (χ0) is 12.5. The normalized spacial score (nSPS) is 17.3. The van der Waals surface area contributed by atoms with E-state index in [-0.39, 0.29) is 5.75 Å². The van der Waals surface area contributed by atoms with Crippen LogP contribution >= 0.6 is 0 Å². The number of aromatic nitrogens is 1. The molecular formula is C14H17N3O. The van der Waals surface area contributed by atoms with Crippen molar-refractivity contribution in [3.05, 3.63) is 30.3 Å². The Kier molecular flexibility index (Phi) is 2.80. The van der Waals surface area contributed by atoms with E-state index >= 15 is 0 Å². The van der Waals surface area contributed by atoms with E-state index in [1.807, 2.05) is 18.2 Å².